The molecule has 0 aliphatic carbocycles. The molecule has 1 aliphatic heterocycles. The van der Waals surface area contributed by atoms with Crippen LogP contribution in [0, 0.1) is 6.92 Å². The molecule has 1 aromatic carbocycles. The molecule has 96 valence electrons. The maximum absolute atomic E-state index is 11.4. The van der Waals surface area contributed by atoms with Crippen molar-refractivity contribution in [2.75, 3.05) is 13.2 Å². The van der Waals surface area contributed by atoms with Gasteiger partial charge in [0.2, 0.25) is 11.8 Å². The van der Waals surface area contributed by atoms with E-state index in [9.17, 15) is 9.59 Å². The molecule has 0 bridgehead atoms. The van der Waals surface area contributed by atoms with E-state index in [4.69, 9.17) is 16.3 Å². The van der Waals surface area contributed by atoms with Crippen LogP contribution in [0.15, 0.2) is 18.2 Å². The molecular formula is C13H14ClNO3. The molecule has 2 amide bonds. The third-order valence-electron chi connectivity index (χ3n) is 2.87. The van der Waals surface area contributed by atoms with Gasteiger partial charge < -0.3 is 4.74 Å². The summed E-state index contributed by atoms with van der Waals surface area (Å²) >= 11 is 5.90. The van der Waals surface area contributed by atoms with Crippen LogP contribution in [-0.2, 0) is 9.59 Å². The maximum atomic E-state index is 11.4. The molecule has 4 nitrogen and oxygen atoms in total. The van der Waals surface area contributed by atoms with E-state index in [0.29, 0.717) is 36.8 Å². The minimum atomic E-state index is -0.115. The van der Waals surface area contributed by atoms with E-state index in [0.717, 1.165) is 5.56 Å². The molecule has 2 rings (SSSR count). The Balaban J connectivity index is 1.86. The Labute approximate surface area is 110 Å². The molecule has 0 unspecified atom stereocenters. The number of halogens is 1. The molecule has 0 atom stereocenters. The summed E-state index contributed by atoms with van der Waals surface area (Å²) in [5, 5.41) is 0.687. The summed E-state index contributed by atoms with van der Waals surface area (Å²) in [6.45, 7) is 2.50. The molecule has 18 heavy (non-hydrogen) atoms. The number of benzene rings is 1. The summed E-state index contributed by atoms with van der Waals surface area (Å²) in [5.74, 6) is 0.461. The standard InChI is InChI=1S/C13H14ClNO3/c1-9-8-10(2-3-11(9)14)18-7-6-15-12(16)4-5-13(15)17/h2-3,8H,4-7H2,1H3. The topological polar surface area (TPSA) is 46.6 Å². The molecule has 0 radical (unpaired) electrons. The lowest BCUT2D eigenvalue weighted by Crippen LogP contribution is -2.33. The van der Waals surface area contributed by atoms with E-state index >= 15 is 0 Å². The molecule has 0 aromatic heterocycles. The molecule has 1 saturated heterocycles. The number of ether oxygens (including phenoxy) is 1. The molecule has 5 heteroatoms. The lowest BCUT2D eigenvalue weighted by atomic mass is 10.2. The summed E-state index contributed by atoms with van der Waals surface area (Å²) in [6, 6.07) is 5.36. The van der Waals surface area contributed by atoms with Crippen LogP contribution >= 0.6 is 11.6 Å². The molecule has 1 aromatic rings. The number of aryl methyl sites for hydroxylation is 1. The van der Waals surface area contributed by atoms with Crippen molar-refractivity contribution in [1.29, 1.82) is 0 Å². The average molecular weight is 268 g/mol. The SMILES string of the molecule is Cc1cc(OCCN2C(=O)CCC2=O)ccc1Cl. The van der Waals surface area contributed by atoms with Gasteiger partial charge in [-0.15, -0.1) is 0 Å². The number of imide groups is 1. The number of nitrogens with zero attached hydrogens (tertiary/aromatic N) is 1. The van der Waals surface area contributed by atoms with Gasteiger partial charge in [-0.1, -0.05) is 11.6 Å². The van der Waals surface area contributed by atoms with Gasteiger partial charge in [0.05, 0.1) is 6.54 Å². The van der Waals surface area contributed by atoms with Crippen molar-refractivity contribution in [3.05, 3.63) is 28.8 Å². The second kappa shape index (κ2) is 5.40. The Kier molecular flexibility index (Phi) is 3.87. The van der Waals surface area contributed by atoms with Crippen molar-refractivity contribution in [3.63, 3.8) is 0 Å². The summed E-state index contributed by atoms with van der Waals surface area (Å²) in [4.78, 5) is 24.0. The fourth-order valence-electron chi connectivity index (χ4n) is 1.83. The average Bonchev–Trinajstić information content (AvgIpc) is 2.65. The first-order valence-electron chi connectivity index (χ1n) is 5.80. The highest BCUT2D eigenvalue weighted by Crippen LogP contribution is 2.21. The smallest absolute Gasteiger partial charge is 0.229 e. The summed E-state index contributed by atoms with van der Waals surface area (Å²) in [6.07, 6.45) is 0.637. The molecule has 0 saturated carbocycles. The van der Waals surface area contributed by atoms with Gasteiger partial charge in [0.25, 0.3) is 0 Å². The van der Waals surface area contributed by atoms with Gasteiger partial charge in [-0.05, 0) is 30.7 Å². The first-order valence-corrected chi connectivity index (χ1v) is 6.18. The third kappa shape index (κ3) is 2.82. The summed E-state index contributed by atoms with van der Waals surface area (Å²) in [7, 11) is 0. The summed E-state index contributed by atoms with van der Waals surface area (Å²) < 4.78 is 5.50. The Morgan fingerprint density at radius 3 is 2.56 bits per heavy atom. The Hall–Kier alpha value is -1.55. The fraction of sp³-hybridized carbons (Fsp3) is 0.385. The van der Waals surface area contributed by atoms with Crippen LogP contribution in [0.2, 0.25) is 5.02 Å². The number of carbonyl (C=O) groups excluding carboxylic acids is 2. The van der Waals surface area contributed by atoms with Crippen LogP contribution in [0.1, 0.15) is 18.4 Å². The highest BCUT2D eigenvalue weighted by Gasteiger charge is 2.28. The second-order valence-electron chi connectivity index (χ2n) is 4.20. The number of hydrogen-bond acceptors (Lipinski definition) is 3. The van der Waals surface area contributed by atoms with Gasteiger partial charge in [-0.2, -0.15) is 0 Å². The molecular weight excluding hydrogens is 254 g/mol. The maximum Gasteiger partial charge on any atom is 0.229 e. The van der Waals surface area contributed by atoms with Crippen molar-refractivity contribution >= 4 is 23.4 Å². The minimum Gasteiger partial charge on any atom is -0.492 e. The van der Waals surface area contributed by atoms with E-state index in [1.165, 1.54) is 4.90 Å². The number of hydrogen-bond donors (Lipinski definition) is 0. The van der Waals surface area contributed by atoms with Crippen molar-refractivity contribution in [2.45, 2.75) is 19.8 Å². The quantitative estimate of drug-likeness (QED) is 0.786. The molecule has 1 fully saturated rings. The zero-order chi connectivity index (χ0) is 13.1. The Morgan fingerprint density at radius 1 is 1.28 bits per heavy atom. The van der Waals surface area contributed by atoms with Gasteiger partial charge in [0.15, 0.2) is 0 Å². The van der Waals surface area contributed by atoms with Crippen molar-refractivity contribution in [1.82, 2.24) is 4.90 Å². The number of amides is 2. The minimum absolute atomic E-state index is 0.115. The van der Waals surface area contributed by atoms with Crippen LogP contribution in [0.4, 0.5) is 0 Å². The zero-order valence-corrected chi connectivity index (χ0v) is 10.9. The predicted octanol–water partition coefficient (Wildman–Crippen LogP) is 2.18. The normalized spacial score (nSPS) is 15.3. The van der Waals surface area contributed by atoms with Crippen LogP contribution in [-0.4, -0.2) is 29.9 Å². The van der Waals surface area contributed by atoms with Gasteiger partial charge >= 0.3 is 0 Å². The van der Waals surface area contributed by atoms with Gasteiger partial charge in [-0.3, -0.25) is 14.5 Å². The Morgan fingerprint density at radius 2 is 1.94 bits per heavy atom. The van der Waals surface area contributed by atoms with E-state index in [-0.39, 0.29) is 11.8 Å². The summed E-state index contributed by atoms with van der Waals surface area (Å²) in [5.41, 5.74) is 0.933. The lowest BCUT2D eigenvalue weighted by Gasteiger charge is -2.14. The Bertz CT molecular complexity index is 471. The van der Waals surface area contributed by atoms with E-state index in [2.05, 4.69) is 0 Å². The van der Waals surface area contributed by atoms with E-state index in [1.807, 2.05) is 13.0 Å². The highest BCUT2D eigenvalue weighted by molar-refractivity contribution is 6.31. The zero-order valence-electron chi connectivity index (χ0n) is 10.1. The first kappa shape index (κ1) is 12.9. The van der Waals surface area contributed by atoms with Crippen molar-refractivity contribution in [3.8, 4) is 5.75 Å². The highest BCUT2D eigenvalue weighted by atomic mass is 35.5. The molecule has 0 spiro atoms. The largest absolute Gasteiger partial charge is 0.492 e. The second-order valence-corrected chi connectivity index (χ2v) is 4.61. The number of rotatable bonds is 4. The predicted molar refractivity (Wildman–Crippen MR) is 67.6 cm³/mol. The van der Waals surface area contributed by atoms with Crippen LogP contribution < -0.4 is 4.74 Å². The van der Waals surface area contributed by atoms with Crippen LogP contribution in [0.25, 0.3) is 0 Å². The lowest BCUT2D eigenvalue weighted by molar-refractivity contribution is -0.138. The van der Waals surface area contributed by atoms with Crippen LogP contribution in [0.5, 0.6) is 5.75 Å². The molecule has 0 N–H and O–H groups in total. The van der Waals surface area contributed by atoms with Gasteiger partial charge in [0, 0.05) is 17.9 Å². The van der Waals surface area contributed by atoms with Crippen molar-refractivity contribution < 1.29 is 14.3 Å². The first-order chi connectivity index (χ1) is 8.58. The van der Waals surface area contributed by atoms with E-state index < -0.39 is 0 Å². The molecule has 1 heterocycles. The third-order valence-corrected chi connectivity index (χ3v) is 3.29. The van der Waals surface area contributed by atoms with Crippen LogP contribution in [0.3, 0.4) is 0 Å². The van der Waals surface area contributed by atoms with Gasteiger partial charge in [-0.25, -0.2) is 0 Å². The van der Waals surface area contributed by atoms with Crippen molar-refractivity contribution in [2.24, 2.45) is 0 Å². The monoisotopic (exact) mass is 267 g/mol. The molecule has 1 aliphatic rings. The number of likely N-dealkylation sites (tertiary alicyclic amines) is 1. The van der Waals surface area contributed by atoms with E-state index in [1.54, 1.807) is 12.1 Å². The van der Waals surface area contributed by atoms with Gasteiger partial charge in [0.1, 0.15) is 12.4 Å². The fourth-order valence-corrected chi connectivity index (χ4v) is 1.95. The number of carbonyl (C=O) groups is 2.